The number of aliphatic imine (C=N–C) groups is 2. The van der Waals surface area contributed by atoms with Crippen molar-refractivity contribution in [1.29, 1.82) is 5.26 Å². The first-order valence-corrected chi connectivity index (χ1v) is 13.2. The van der Waals surface area contributed by atoms with Gasteiger partial charge >= 0.3 is 0 Å². The molecule has 1 aliphatic heterocycles. The van der Waals surface area contributed by atoms with E-state index in [1.54, 1.807) is 0 Å². The van der Waals surface area contributed by atoms with Crippen molar-refractivity contribution in [2.24, 2.45) is 9.98 Å². The molecule has 3 rings (SSSR count). The second-order valence-electron chi connectivity index (χ2n) is 9.98. The minimum atomic E-state index is 0.214. The van der Waals surface area contributed by atoms with E-state index in [-0.39, 0.29) is 6.67 Å². The number of fused-ring (bicyclic) bond motifs is 1. The topological polar surface area (TPSA) is 113 Å². The molecule has 0 saturated heterocycles. The van der Waals surface area contributed by atoms with Crippen LogP contribution in [0.4, 0.5) is 22.7 Å². The van der Waals surface area contributed by atoms with E-state index >= 15 is 0 Å². The predicted octanol–water partition coefficient (Wildman–Crippen LogP) is 4.03. The van der Waals surface area contributed by atoms with E-state index < -0.39 is 0 Å². The lowest BCUT2D eigenvalue weighted by atomic mass is 9.99. The number of aromatic nitrogens is 1. The Labute approximate surface area is 238 Å². The number of nitrogens with zero attached hydrogens (tertiary/aromatic N) is 7. The summed E-state index contributed by atoms with van der Waals surface area (Å²) in [4.78, 5) is 15.2. The number of likely N-dealkylation sites (N-methyl/N-ethyl adjacent to an activating group) is 3. The zero-order valence-corrected chi connectivity index (χ0v) is 24.6. The van der Waals surface area contributed by atoms with Gasteiger partial charge in [-0.15, -0.1) is 0 Å². The van der Waals surface area contributed by atoms with Crippen LogP contribution in [-0.4, -0.2) is 88.3 Å². The standard InChI is InChI=1S/C30H42N10/c1-9-10-23-24(19-40-14-13-38(7)21(2)30(23)40)29(22(17-31)18-33-3)36-20-35-27-15-25(32)28(16-26(27)34-4)39(8)12-11-37(5)6/h9-10,15-16,18-19,34-35H,2-3,11-14,20,32H2,1,4-8H3/b10-9-,22-18-,36-29?. The summed E-state index contributed by atoms with van der Waals surface area (Å²) in [6.45, 7) is 13.5. The highest BCUT2D eigenvalue weighted by Crippen LogP contribution is 2.34. The lowest BCUT2D eigenvalue weighted by Crippen LogP contribution is -2.29. The highest BCUT2D eigenvalue weighted by Gasteiger charge is 2.26. The van der Waals surface area contributed by atoms with Gasteiger partial charge in [-0.1, -0.05) is 18.7 Å². The molecule has 0 atom stereocenters. The number of anilines is 4. The van der Waals surface area contributed by atoms with Crippen molar-refractivity contribution in [3.8, 4) is 6.07 Å². The quantitative estimate of drug-likeness (QED) is 0.211. The van der Waals surface area contributed by atoms with E-state index in [0.717, 1.165) is 65.8 Å². The van der Waals surface area contributed by atoms with E-state index in [1.165, 1.54) is 6.20 Å². The predicted molar refractivity (Wildman–Crippen MR) is 171 cm³/mol. The zero-order chi connectivity index (χ0) is 29.4. The number of allylic oxidation sites excluding steroid dienone is 2. The number of nitriles is 1. The van der Waals surface area contributed by atoms with Crippen molar-refractivity contribution >= 4 is 47.0 Å². The van der Waals surface area contributed by atoms with Gasteiger partial charge in [0.25, 0.3) is 0 Å². The average molecular weight is 543 g/mol. The largest absolute Gasteiger partial charge is 0.397 e. The van der Waals surface area contributed by atoms with Crippen LogP contribution in [0.3, 0.4) is 0 Å². The fraction of sp³-hybridized carbons (Fsp3) is 0.367. The molecule has 10 heteroatoms. The molecule has 2 heterocycles. The lowest BCUT2D eigenvalue weighted by Gasteiger charge is -2.29. The fourth-order valence-electron chi connectivity index (χ4n) is 4.68. The van der Waals surface area contributed by atoms with Gasteiger partial charge in [-0.25, -0.2) is 0 Å². The third kappa shape index (κ3) is 6.55. The summed E-state index contributed by atoms with van der Waals surface area (Å²) >= 11 is 0. The number of nitrogen functional groups attached to an aromatic ring is 1. The Morgan fingerprint density at radius 1 is 1.23 bits per heavy atom. The number of benzene rings is 1. The van der Waals surface area contributed by atoms with Crippen molar-refractivity contribution < 1.29 is 0 Å². The molecule has 0 unspecified atom stereocenters. The zero-order valence-electron chi connectivity index (χ0n) is 24.6. The van der Waals surface area contributed by atoms with Gasteiger partial charge in [0, 0.05) is 70.8 Å². The molecular formula is C30H42N10. The Morgan fingerprint density at radius 2 is 1.98 bits per heavy atom. The maximum atomic E-state index is 10.0. The smallest absolute Gasteiger partial charge is 0.108 e. The molecule has 10 nitrogen and oxygen atoms in total. The molecule has 0 amide bonds. The minimum absolute atomic E-state index is 0.214. The second-order valence-corrected chi connectivity index (χ2v) is 9.98. The molecule has 4 N–H and O–H groups in total. The Bertz CT molecular complexity index is 1370. The number of rotatable bonds is 12. The Morgan fingerprint density at radius 3 is 2.60 bits per heavy atom. The van der Waals surface area contributed by atoms with E-state index in [1.807, 2.05) is 58.5 Å². The van der Waals surface area contributed by atoms with Gasteiger partial charge in [0.15, 0.2) is 0 Å². The summed E-state index contributed by atoms with van der Waals surface area (Å²) in [6, 6.07) is 6.20. The molecular weight excluding hydrogens is 500 g/mol. The Balaban J connectivity index is 2.01. The van der Waals surface area contributed by atoms with Crippen LogP contribution in [0.2, 0.25) is 0 Å². The van der Waals surface area contributed by atoms with Crippen LogP contribution < -0.4 is 21.3 Å². The summed E-state index contributed by atoms with van der Waals surface area (Å²) in [5.74, 6) is 0. The molecule has 0 bridgehead atoms. The molecule has 1 aromatic heterocycles. The van der Waals surface area contributed by atoms with Gasteiger partial charge in [-0.3, -0.25) is 9.98 Å². The average Bonchev–Trinajstić information content (AvgIpc) is 3.29. The summed E-state index contributed by atoms with van der Waals surface area (Å²) in [5, 5.41) is 16.6. The molecule has 1 aromatic carbocycles. The Hall–Kier alpha value is -4.49. The normalized spacial score (nSPS) is 13.9. The summed E-state index contributed by atoms with van der Waals surface area (Å²) in [7, 11) is 10.1. The first-order valence-electron chi connectivity index (χ1n) is 13.2. The van der Waals surface area contributed by atoms with E-state index in [2.05, 4.69) is 68.4 Å². The SMILES string of the molecule is C=N/C=C(/C#N)C(=NCNc1cc(N)c(N(C)CCN(C)C)cc1NC)c1cn2c(c1/C=C\C)C(=C)N(C)CC2. The van der Waals surface area contributed by atoms with Gasteiger partial charge in [0.1, 0.15) is 12.7 Å². The number of hydrogen-bond donors (Lipinski definition) is 3. The molecule has 0 fully saturated rings. The van der Waals surface area contributed by atoms with Crippen LogP contribution >= 0.6 is 0 Å². The van der Waals surface area contributed by atoms with Gasteiger partial charge in [0.2, 0.25) is 0 Å². The molecule has 0 spiro atoms. The van der Waals surface area contributed by atoms with E-state index in [4.69, 9.17) is 10.7 Å². The number of nitrogens with two attached hydrogens (primary N) is 1. The van der Waals surface area contributed by atoms with Gasteiger partial charge in [-0.05, 0) is 39.9 Å². The monoisotopic (exact) mass is 542 g/mol. The van der Waals surface area contributed by atoms with Crippen molar-refractivity contribution in [3.63, 3.8) is 0 Å². The minimum Gasteiger partial charge on any atom is -0.397 e. The van der Waals surface area contributed by atoms with Crippen LogP contribution in [0.25, 0.3) is 11.8 Å². The van der Waals surface area contributed by atoms with Crippen molar-refractivity contribution in [3.05, 3.63) is 59.6 Å². The van der Waals surface area contributed by atoms with Crippen LogP contribution in [-0.2, 0) is 6.54 Å². The van der Waals surface area contributed by atoms with Gasteiger partial charge in [-0.2, -0.15) is 5.26 Å². The molecule has 0 radical (unpaired) electrons. The Kier molecular flexibility index (Phi) is 10.2. The third-order valence-corrected chi connectivity index (χ3v) is 6.95. The van der Waals surface area contributed by atoms with Crippen molar-refractivity contribution in [2.75, 3.05) is 82.8 Å². The lowest BCUT2D eigenvalue weighted by molar-refractivity contribution is 0.412. The highest BCUT2D eigenvalue weighted by atomic mass is 15.2. The molecule has 2 aromatic rings. The first kappa shape index (κ1) is 30.1. The van der Waals surface area contributed by atoms with Crippen LogP contribution in [0.1, 0.15) is 23.7 Å². The molecule has 0 saturated carbocycles. The molecule has 0 aliphatic carbocycles. The fourth-order valence-corrected chi connectivity index (χ4v) is 4.68. The first-order chi connectivity index (χ1) is 19.2. The van der Waals surface area contributed by atoms with Crippen LogP contribution in [0, 0.1) is 11.3 Å². The van der Waals surface area contributed by atoms with E-state index in [9.17, 15) is 5.26 Å². The van der Waals surface area contributed by atoms with Crippen LogP contribution in [0.15, 0.2) is 52.7 Å². The van der Waals surface area contributed by atoms with Crippen LogP contribution in [0.5, 0.6) is 0 Å². The van der Waals surface area contributed by atoms with E-state index in [0.29, 0.717) is 17.0 Å². The summed E-state index contributed by atoms with van der Waals surface area (Å²) in [5.41, 5.74) is 14.4. The molecule has 40 heavy (non-hydrogen) atoms. The van der Waals surface area contributed by atoms with Gasteiger partial charge < -0.3 is 35.6 Å². The number of nitrogens with one attached hydrogen (secondary N) is 2. The van der Waals surface area contributed by atoms with Crippen molar-refractivity contribution in [2.45, 2.75) is 13.5 Å². The maximum Gasteiger partial charge on any atom is 0.108 e. The maximum absolute atomic E-state index is 10.0. The highest BCUT2D eigenvalue weighted by molar-refractivity contribution is 6.17. The number of hydrogen-bond acceptors (Lipinski definition) is 9. The molecule has 212 valence electrons. The summed E-state index contributed by atoms with van der Waals surface area (Å²) < 4.78 is 2.18. The second kappa shape index (κ2) is 13.5. The summed E-state index contributed by atoms with van der Waals surface area (Å²) in [6.07, 6.45) is 7.52. The molecule has 1 aliphatic rings. The van der Waals surface area contributed by atoms with Gasteiger partial charge in [0.05, 0.1) is 45.4 Å². The van der Waals surface area contributed by atoms with Crippen molar-refractivity contribution in [1.82, 2.24) is 14.4 Å². The third-order valence-electron chi connectivity index (χ3n) is 6.95.